The van der Waals surface area contributed by atoms with Gasteiger partial charge in [0.05, 0.1) is 0 Å². The van der Waals surface area contributed by atoms with Crippen LogP contribution in [-0.2, 0) is 11.2 Å². The van der Waals surface area contributed by atoms with E-state index in [0.717, 1.165) is 31.4 Å². The fraction of sp³-hybridized carbons (Fsp3) is 0.533. The molecule has 3 nitrogen and oxygen atoms in total. The van der Waals surface area contributed by atoms with Crippen LogP contribution in [0.4, 0.5) is 5.69 Å². The number of carbonyl (C=O) groups excluding carboxylic acids is 1. The van der Waals surface area contributed by atoms with Crippen LogP contribution in [0.25, 0.3) is 0 Å². The second-order valence-electron chi connectivity index (χ2n) is 5.66. The number of anilines is 1. The van der Waals surface area contributed by atoms with Gasteiger partial charge in [-0.3, -0.25) is 4.79 Å². The van der Waals surface area contributed by atoms with Crippen molar-refractivity contribution >= 4 is 24.0 Å². The van der Waals surface area contributed by atoms with E-state index in [9.17, 15) is 4.79 Å². The molecule has 1 heterocycles. The molecule has 1 amide bonds. The smallest absolute Gasteiger partial charge is 0.230 e. The summed E-state index contributed by atoms with van der Waals surface area (Å²) in [7, 11) is 0. The number of nitrogens with two attached hydrogens (primary N) is 1. The van der Waals surface area contributed by atoms with Gasteiger partial charge < -0.3 is 10.6 Å². The van der Waals surface area contributed by atoms with Crippen LogP contribution in [0.2, 0.25) is 0 Å². The van der Waals surface area contributed by atoms with Gasteiger partial charge in [-0.2, -0.15) is 0 Å². The highest BCUT2D eigenvalue weighted by atomic mass is 35.5. The lowest BCUT2D eigenvalue weighted by Gasteiger charge is -2.26. The average molecular weight is 281 g/mol. The third kappa shape index (κ3) is 2.49. The minimum atomic E-state index is 0. The van der Waals surface area contributed by atoms with Crippen LogP contribution in [0.1, 0.15) is 31.7 Å². The molecule has 3 atom stereocenters. The first kappa shape index (κ1) is 14.4. The largest absolute Gasteiger partial charge is 0.328 e. The van der Waals surface area contributed by atoms with Crippen molar-refractivity contribution in [3.05, 3.63) is 29.8 Å². The van der Waals surface area contributed by atoms with E-state index in [1.807, 2.05) is 17.0 Å². The van der Waals surface area contributed by atoms with E-state index in [1.54, 1.807) is 0 Å². The fourth-order valence-corrected chi connectivity index (χ4v) is 3.34. The van der Waals surface area contributed by atoms with Crippen molar-refractivity contribution < 1.29 is 4.79 Å². The summed E-state index contributed by atoms with van der Waals surface area (Å²) in [5.74, 6) is 0.411. The van der Waals surface area contributed by atoms with E-state index in [-0.39, 0.29) is 36.3 Å². The van der Waals surface area contributed by atoms with Crippen molar-refractivity contribution in [1.29, 1.82) is 0 Å². The van der Waals surface area contributed by atoms with Gasteiger partial charge in [0.1, 0.15) is 0 Å². The average Bonchev–Trinajstić information content (AvgIpc) is 2.91. The van der Waals surface area contributed by atoms with Crippen LogP contribution in [0.15, 0.2) is 24.3 Å². The molecule has 4 heteroatoms. The van der Waals surface area contributed by atoms with Crippen molar-refractivity contribution in [2.75, 3.05) is 4.90 Å². The van der Waals surface area contributed by atoms with E-state index in [2.05, 4.69) is 19.1 Å². The number of hydrogen-bond acceptors (Lipinski definition) is 2. The summed E-state index contributed by atoms with van der Waals surface area (Å²) >= 11 is 0. The zero-order chi connectivity index (χ0) is 12.7. The van der Waals surface area contributed by atoms with Gasteiger partial charge in [0.25, 0.3) is 0 Å². The maximum Gasteiger partial charge on any atom is 0.230 e. The molecule has 0 bridgehead atoms. The van der Waals surface area contributed by atoms with Gasteiger partial charge in [-0.1, -0.05) is 18.2 Å². The molecule has 3 unspecified atom stereocenters. The molecular formula is C15H21ClN2O. The van der Waals surface area contributed by atoms with Crippen LogP contribution in [0.5, 0.6) is 0 Å². The highest BCUT2D eigenvalue weighted by Crippen LogP contribution is 2.35. The molecule has 19 heavy (non-hydrogen) atoms. The Morgan fingerprint density at radius 1 is 1.32 bits per heavy atom. The Bertz CT molecular complexity index is 477. The van der Waals surface area contributed by atoms with Crippen molar-refractivity contribution in [3.8, 4) is 0 Å². The Kier molecular flexibility index (Phi) is 4.16. The summed E-state index contributed by atoms with van der Waals surface area (Å²) in [5, 5.41) is 0. The number of hydrogen-bond donors (Lipinski definition) is 1. The lowest BCUT2D eigenvalue weighted by molar-refractivity contribution is -0.122. The molecule has 0 saturated heterocycles. The Balaban J connectivity index is 0.00000133. The molecule has 1 aliphatic carbocycles. The summed E-state index contributed by atoms with van der Waals surface area (Å²) in [4.78, 5) is 14.6. The Morgan fingerprint density at radius 3 is 2.74 bits per heavy atom. The van der Waals surface area contributed by atoms with E-state index in [4.69, 9.17) is 5.73 Å². The summed E-state index contributed by atoms with van der Waals surface area (Å²) in [6.07, 6.45) is 3.76. The van der Waals surface area contributed by atoms with Gasteiger partial charge in [0.15, 0.2) is 0 Å². The van der Waals surface area contributed by atoms with Gasteiger partial charge in [-0.25, -0.2) is 0 Å². The third-order valence-electron chi connectivity index (χ3n) is 4.27. The Morgan fingerprint density at radius 2 is 2.05 bits per heavy atom. The number of benzene rings is 1. The highest BCUT2D eigenvalue weighted by Gasteiger charge is 2.37. The van der Waals surface area contributed by atoms with Crippen LogP contribution in [-0.4, -0.2) is 18.0 Å². The maximum absolute atomic E-state index is 12.6. The first-order chi connectivity index (χ1) is 8.66. The maximum atomic E-state index is 12.6. The number of rotatable bonds is 1. The Hall–Kier alpha value is -1.06. The fourth-order valence-electron chi connectivity index (χ4n) is 3.34. The number of fused-ring (bicyclic) bond motifs is 1. The molecule has 1 aliphatic heterocycles. The van der Waals surface area contributed by atoms with E-state index in [0.29, 0.717) is 0 Å². The molecule has 2 N–H and O–H groups in total. The zero-order valence-electron chi connectivity index (χ0n) is 11.2. The van der Waals surface area contributed by atoms with Crippen molar-refractivity contribution in [2.24, 2.45) is 11.7 Å². The zero-order valence-corrected chi connectivity index (χ0v) is 12.0. The number of para-hydroxylation sites is 1. The second kappa shape index (κ2) is 5.51. The SMILES string of the molecule is CC1Cc2ccccc2N1C(=O)C1CCC(N)C1.Cl. The van der Waals surface area contributed by atoms with Gasteiger partial charge in [-0.15, -0.1) is 12.4 Å². The molecule has 1 saturated carbocycles. The molecule has 0 radical (unpaired) electrons. The second-order valence-corrected chi connectivity index (χ2v) is 5.66. The van der Waals surface area contributed by atoms with Crippen molar-refractivity contribution in [1.82, 2.24) is 0 Å². The molecule has 0 spiro atoms. The van der Waals surface area contributed by atoms with E-state index in [1.165, 1.54) is 5.56 Å². The number of amides is 1. The van der Waals surface area contributed by atoms with Crippen LogP contribution < -0.4 is 10.6 Å². The third-order valence-corrected chi connectivity index (χ3v) is 4.27. The van der Waals surface area contributed by atoms with Crippen LogP contribution >= 0.6 is 12.4 Å². The Labute approximate surface area is 120 Å². The highest BCUT2D eigenvalue weighted by molar-refractivity contribution is 5.97. The summed E-state index contributed by atoms with van der Waals surface area (Å²) in [5.41, 5.74) is 8.32. The first-order valence-electron chi connectivity index (χ1n) is 6.83. The molecular weight excluding hydrogens is 260 g/mol. The van der Waals surface area contributed by atoms with Gasteiger partial charge in [-0.05, 0) is 44.2 Å². The molecule has 104 valence electrons. The first-order valence-corrected chi connectivity index (χ1v) is 6.83. The van der Waals surface area contributed by atoms with Gasteiger partial charge in [0.2, 0.25) is 5.91 Å². The lowest BCUT2D eigenvalue weighted by Crippen LogP contribution is -2.39. The molecule has 2 aliphatic rings. The molecule has 0 aromatic heterocycles. The van der Waals surface area contributed by atoms with Gasteiger partial charge >= 0.3 is 0 Å². The molecule has 1 fully saturated rings. The molecule has 1 aromatic rings. The molecule has 1 aromatic carbocycles. The number of halogens is 1. The number of nitrogens with zero attached hydrogens (tertiary/aromatic N) is 1. The van der Waals surface area contributed by atoms with E-state index >= 15 is 0 Å². The summed E-state index contributed by atoms with van der Waals surface area (Å²) in [6, 6.07) is 8.74. The predicted octanol–water partition coefficient (Wildman–Crippen LogP) is 2.51. The van der Waals surface area contributed by atoms with Crippen molar-refractivity contribution in [3.63, 3.8) is 0 Å². The summed E-state index contributed by atoms with van der Waals surface area (Å²) < 4.78 is 0. The minimum Gasteiger partial charge on any atom is -0.328 e. The lowest BCUT2D eigenvalue weighted by atomic mass is 10.1. The predicted molar refractivity (Wildman–Crippen MR) is 79.7 cm³/mol. The normalized spacial score (nSPS) is 28.9. The quantitative estimate of drug-likeness (QED) is 0.859. The van der Waals surface area contributed by atoms with Gasteiger partial charge in [0, 0.05) is 23.7 Å². The topological polar surface area (TPSA) is 46.3 Å². The monoisotopic (exact) mass is 280 g/mol. The summed E-state index contributed by atoms with van der Waals surface area (Å²) in [6.45, 7) is 2.13. The van der Waals surface area contributed by atoms with Crippen molar-refractivity contribution in [2.45, 2.75) is 44.7 Å². The van der Waals surface area contributed by atoms with E-state index < -0.39 is 0 Å². The number of carbonyl (C=O) groups is 1. The minimum absolute atomic E-state index is 0. The standard InChI is InChI=1S/C15H20N2O.ClH/c1-10-8-11-4-2-3-5-14(11)17(10)15(18)12-6-7-13(16)9-12;/h2-5,10,12-13H,6-9,16H2,1H3;1H. The molecule has 3 rings (SSSR count). The van der Waals surface area contributed by atoms with Crippen LogP contribution in [0, 0.1) is 5.92 Å². The van der Waals surface area contributed by atoms with Crippen LogP contribution in [0.3, 0.4) is 0 Å².